The fourth-order valence-corrected chi connectivity index (χ4v) is 3.20. The average molecular weight is 549 g/mol. The van der Waals surface area contributed by atoms with E-state index in [1.54, 1.807) is 27.7 Å². The zero-order valence-electron chi connectivity index (χ0n) is 19.4. The number of piperazine rings is 1. The number of amides is 2. The fraction of sp³-hybridized carbons (Fsp3) is 0.700. The number of aryl methyl sites for hydroxylation is 1. The molecule has 176 valence electrons. The van der Waals surface area contributed by atoms with Crippen LogP contribution in [0, 0.1) is 0 Å². The molecular formula is C20H36IN7O3. The van der Waals surface area contributed by atoms with Gasteiger partial charge in [0.2, 0.25) is 5.91 Å². The number of hydrogen-bond acceptors (Lipinski definition) is 5. The summed E-state index contributed by atoms with van der Waals surface area (Å²) in [5.74, 6) is 0.647. The van der Waals surface area contributed by atoms with E-state index in [2.05, 4.69) is 15.4 Å². The predicted molar refractivity (Wildman–Crippen MR) is 132 cm³/mol. The lowest BCUT2D eigenvalue weighted by Gasteiger charge is -2.35. The van der Waals surface area contributed by atoms with E-state index in [0.29, 0.717) is 38.7 Å². The Hall–Kier alpha value is -2.05. The molecule has 0 aliphatic carbocycles. The van der Waals surface area contributed by atoms with Gasteiger partial charge in [-0.15, -0.1) is 24.0 Å². The second-order valence-electron chi connectivity index (χ2n) is 8.28. The first-order valence-corrected chi connectivity index (χ1v) is 10.4. The maximum atomic E-state index is 12.6. The quantitative estimate of drug-likeness (QED) is 0.331. The first-order valence-electron chi connectivity index (χ1n) is 10.4. The van der Waals surface area contributed by atoms with E-state index < -0.39 is 5.60 Å². The number of rotatable bonds is 6. The topological polar surface area (TPSA) is 95.3 Å². The highest BCUT2D eigenvalue weighted by atomic mass is 127. The summed E-state index contributed by atoms with van der Waals surface area (Å²) in [6, 6.07) is 0. The van der Waals surface area contributed by atoms with Crippen molar-refractivity contribution in [3.63, 3.8) is 0 Å². The molecule has 1 N–H and O–H groups in total. The van der Waals surface area contributed by atoms with Crippen LogP contribution in [0.25, 0.3) is 0 Å². The van der Waals surface area contributed by atoms with Crippen molar-refractivity contribution in [2.24, 2.45) is 12.0 Å². The van der Waals surface area contributed by atoms with Crippen molar-refractivity contribution in [2.45, 2.75) is 39.7 Å². The van der Waals surface area contributed by atoms with Gasteiger partial charge in [0.1, 0.15) is 12.1 Å². The maximum Gasteiger partial charge on any atom is 0.410 e. The van der Waals surface area contributed by atoms with Crippen LogP contribution in [0.15, 0.2) is 17.4 Å². The Kier molecular flexibility index (Phi) is 10.5. The molecule has 0 spiro atoms. The first-order chi connectivity index (χ1) is 14.1. The highest BCUT2D eigenvalue weighted by Crippen LogP contribution is 2.16. The summed E-state index contributed by atoms with van der Waals surface area (Å²) in [4.78, 5) is 34.7. The van der Waals surface area contributed by atoms with E-state index in [1.165, 1.54) is 0 Å². The van der Waals surface area contributed by atoms with E-state index >= 15 is 0 Å². The molecule has 1 aliphatic rings. The first kappa shape index (κ1) is 27.0. The Labute approximate surface area is 202 Å². The summed E-state index contributed by atoms with van der Waals surface area (Å²) in [5, 5.41) is 7.40. The predicted octanol–water partition coefficient (Wildman–Crippen LogP) is 1.91. The van der Waals surface area contributed by atoms with Crippen molar-refractivity contribution in [1.82, 2.24) is 24.9 Å². The molecule has 0 radical (unpaired) electrons. The smallest absolute Gasteiger partial charge is 0.410 e. The monoisotopic (exact) mass is 549 g/mol. The van der Waals surface area contributed by atoms with Gasteiger partial charge in [0.15, 0.2) is 5.96 Å². The molecule has 1 fully saturated rings. The van der Waals surface area contributed by atoms with Gasteiger partial charge in [0.05, 0.1) is 11.9 Å². The Bertz CT molecular complexity index is 760. The number of ether oxygens (including phenoxy) is 1. The van der Waals surface area contributed by atoms with E-state index in [1.807, 2.05) is 45.8 Å². The average Bonchev–Trinajstić information content (AvgIpc) is 3.09. The molecule has 1 aliphatic heterocycles. The summed E-state index contributed by atoms with van der Waals surface area (Å²) in [5.41, 5.74) is 0.276. The number of nitrogens with one attached hydrogen (secondary N) is 1. The summed E-state index contributed by atoms with van der Waals surface area (Å²) >= 11 is 0. The minimum atomic E-state index is -0.527. The van der Waals surface area contributed by atoms with Gasteiger partial charge in [-0.25, -0.2) is 4.79 Å². The van der Waals surface area contributed by atoms with Gasteiger partial charge in [0, 0.05) is 53.0 Å². The molecule has 1 aromatic heterocycles. The lowest BCUT2D eigenvalue weighted by Crippen LogP contribution is -2.56. The molecular weight excluding hydrogens is 513 g/mol. The number of aromatic nitrogens is 2. The summed E-state index contributed by atoms with van der Waals surface area (Å²) in [6.07, 6.45) is 4.05. The number of aliphatic imine (C=N–C) groups is 1. The molecule has 0 bridgehead atoms. The van der Waals surface area contributed by atoms with Gasteiger partial charge >= 0.3 is 6.09 Å². The molecule has 2 amide bonds. The number of carbonyl (C=O) groups excluding carboxylic acids is 2. The molecule has 0 unspecified atom stereocenters. The number of guanidine groups is 1. The maximum absolute atomic E-state index is 12.6. The van der Waals surface area contributed by atoms with Crippen molar-refractivity contribution in [2.75, 3.05) is 51.2 Å². The molecule has 10 nitrogen and oxygen atoms in total. The molecule has 11 heteroatoms. The Morgan fingerprint density at radius 2 is 2.03 bits per heavy atom. The van der Waals surface area contributed by atoms with Gasteiger partial charge in [-0.3, -0.25) is 14.5 Å². The molecule has 0 saturated carbocycles. The minimum Gasteiger partial charge on any atom is -0.444 e. The van der Waals surface area contributed by atoms with E-state index in [0.717, 1.165) is 12.1 Å². The van der Waals surface area contributed by atoms with Crippen molar-refractivity contribution in [3.05, 3.63) is 12.4 Å². The van der Waals surface area contributed by atoms with Crippen molar-refractivity contribution >= 4 is 47.6 Å². The number of hydrogen-bond donors (Lipinski definition) is 1. The third-order valence-corrected chi connectivity index (χ3v) is 4.55. The second-order valence-corrected chi connectivity index (χ2v) is 8.28. The zero-order valence-corrected chi connectivity index (χ0v) is 21.8. The van der Waals surface area contributed by atoms with Gasteiger partial charge in [0.25, 0.3) is 0 Å². The van der Waals surface area contributed by atoms with Crippen LogP contribution in [0.2, 0.25) is 0 Å². The van der Waals surface area contributed by atoms with Crippen LogP contribution in [-0.2, 0) is 16.6 Å². The van der Waals surface area contributed by atoms with E-state index in [4.69, 9.17) is 4.74 Å². The normalized spacial score (nSPS) is 14.9. The van der Waals surface area contributed by atoms with Crippen LogP contribution in [0.5, 0.6) is 0 Å². The number of halogens is 1. The van der Waals surface area contributed by atoms with Crippen LogP contribution in [0.1, 0.15) is 34.1 Å². The lowest BCUT2D eigenvalue weighted by molar-refractivity contribution is -0.120. The van der Waals surface area contributed by atoms with Crippen LogP contribution in [0.4, 0.5) is 10.5 Å². The van der Waals surface area contributed by atoms with Crippen molar-refractivity contribution in [3.8, 4) is 0 Å². The fourth-order valence-electron chi connectivity index (χ4n) is 3.20. The molecule has 1 saturated heterocycles. The number of carbonyl (C=O) groups is 2. The van der Waals surface area contributed by atoms with Crippen LogP contribution < -0.4 is 10.2 Å². The van der Waals surface area contributed by atoms with Crippen LogP contribution in [0.3, 0.4) is 0 Å². The molecule has 2 rings (SSSR count). The number of anilines is 1. The molecule has 1 aromatic rings. The number of nitrogens with zero attached hydrogens (tertiary/aromatic N) is 6. The molecule has 0 aromatic carbocycles. The summed E-state index contributed by atoms with van der Waals surface area (Å²) < 4.78 is 7.17. The van der Waals surface area contributed by atoms with Crippen LogP contribution in [-0.4, -0.2) is 89.5 Å². The Morgan fingerprint density at radius 1 is 1.32 bits per heavy atom. The van der Waals surface area contributed by atoms with E-state index in [9.17, 15) is 9.59 Å². The van der Waals surface area contributed by atoms with Crippen molar-refractivity contribution < 1.29 is 14.3 Å². The van der Waals surface area contributed by atoms with Crippen molar-refractivity contribution in [1.29, 1.82) is 0 Å². The third-order valence-electron chi connectivity index (χ3n) is 4.55. The van der Waals surface area contributed by atoms with E-state index in [-0.39, 0.29) is 42.5 Å². The minimum absolute atomic E-state index is 0. The Balaban J connectivity index is 0.00000480. The second kappa shape index (κ2) is 12.1. The summed E-state index contributed by atoms with van der Waals surface area (Å²) in [7, 11) is 3.52. The summed E-state index contributed by atoms with van der Waals surface area (Å²) in [6.45, 7) is 10.7. The molecule has 0 atom stereocenters. The third kappa shape index (κ3) is 8.19. The standard InChI is InChI=1S/C20H35N7O3.HI/c1-7-9-25(19(29)30-20(2,3)4)10-8-22-18(21-5)26-11-12-27(17(28)15-26)16-13-23-24(6)14-16;/h13-14H,7-12,15H2,1-6H3,(H,21,22);1H. The largest absolute Gasteiger partial charge is 0.444 e. The van der Waals surface area contributed by atoms with Gasteiger partial charge in [-0.05, 0) is 27.2 Å². The zero-order chi connectivity index (χ0) is 22.3. The highest BCUT2D eigenvalue weighted by Gasteiger charge is 2.28. The Morgan fingerprint density at radius 3 is 2.55 bits per heavy atom. The lowest BCUT2D eigenvalue weighted by atomic mass is 10.2. The molecule has 31 heavy (non-hydrogen) atoms. The SMILES string of the molecule is CCCN(CCNC(=NC)N1CCN(c2cnn(C)c2)C(=O)C1)C(=O)OC(C)(C)C.I. The molecule has 2 heterocycles. The van der Waals surface area contributed by atoms with Crippen LogP contribution >= 0.6 is 24.0 Å². The van der Waals surface area contributed by atoms with Gasteiger partial charge in [-0.1, -0.05) is 6.92 Å². The van der Waals surface area contributed by atoms with Gasteiger partial charge < -0.3 is 24.8 Å². The van der Waals surface area contributed by atoms with Gasteiger partial charge in [-0.2, -0.15) is 5.10 Å². The highest BCUT2D eigenvalue weighted by molar-refractivity contribution is 14.0.